The molecular weight excluding hydrogens is 396 g/mol. The average Bonchev–Trinajstić information content (AvgIpc) is 3.10. The highest BCUT2D eigenvalue weighted by molar-refractivity contribution is 5.85. The molecule has 2 aromatic rings. The van der Waals surface area contributed by atoms with Crippen LogP contribution in [0, 0.1) is 5.82 Å². The van der Waals surface area contributed by atoms with Gasteiger partial charge >= 0.3 is 0 Å². The van der Waals surface area contributed by atoms with Gasteiger partial charge in [-0.15, -0.1) is 24.8 Å². The first-order valence-corrected chi connectivity index (χ1v) is 8.15. The van der Waals surface area contributed by atoms with Crippen LogP contribution in [-0.2, 0) is 16.1 Å². The molecule has 1 saturated heterocycles. The number of carbonyl (C=O) groups is 1. The van der Waals surface area contributed by atoms with Crippen molar-refractivity contribution >= 4 is 30.7 Å². The summed E-state index contributed by atoms with van der Waals surface area (Å²) in [5.41, 5.74) is 6.37. The van der Waals surface area contributed by atoms with E-state index in [1.165, 1.54) is 12.1 Å². The Morgan fingerprint density at radius 1 is 1.30 bits per heavy atom. The van der Waals surface area contributed by atoms with Gasteiger partial charge in [-0.2, -0.15) is 0 Å². The van der Waals surface area contributed by atoms with E-state index < -0.39 is 6.10 Å². The van der Waals surface area contributed by atoms with Crippen LogP contribution in [-0.4, -0.2) is 29.6 Å². The van der Waals surface area contributed by atoms with Gasteiger partial charge in [-0.3, -0.25) is 4.79 Å². The molecule has 1 aliphatic heterocycles. The molecule has 3 rings (SSSR count). The van der Waals surface area contributed by atoms with Crippen molar-refractivity contribution in [3.05, 3.63) is 54.0 Å². The minimum atomic E-state index is -0.433. The van der Waals surface area contributed by atoms with Crippen molar-refractivity contribution in [1.82, 2.24) is 10.3 Å². The predicted octanol–water partition coefficient (Wildman–Crippen LogP) is 2.98. The summed E-state index contributed by atoms with van der Waals surface area (Å²) in [7, 11) is 0. The maximum Gasteiger partial charge on any atom is 0.249 e. The number of halogens is 3. The maximum atomic E-state index is 13.1. The molecule has 1 aromatic carbocycles. The third-order valence-electron chi connectivity index (χ3n) is 3.95. The highest BCUT2D eigenvalue weighted by Gasteiger charge is 2.29. The summed E-state index contributed by atoms with van der Waals surface area (Å²) in [6.45, 7) is 0.777. The Kier molecular flexibility index (Phi) is 9.45. The lowest BCUT2D eigenvalue weighted by molar-refractivity contribution is -0.132. The van der Waals surface area contributed by atoms with E-state index in [-0.39, 0.29) is 42.6 Å². The molecule has 27 heavy (non-hydrogen) atoms. The molecule has 0 aliphatic carbocycles. The Bertz CT molecular complexity index is 734. The molecule has 2 atom stereocenters. The minimum absolute atomic E-state index is 0. The second kappa shape index (κ2) is 11.0. The second-order valence-electron chi connectivity index (χ2n) is 5.84. The van der Waals surface area contributed by atoms with Gasteiger partial charge in [-0.05, 0) is 30.5 Å². The van der Waals surface area contributed by atoms with Crippen LogP contribution in [0.2, 0.25) is 0 Å². The van der Waals surface area contributed by atoms with Gasteiger partial charge in [0.25, 0.3) is 0 Å². The molecule has 0 bridgehead atoms. The van der Waals surface area contributed by atoms with Crippen molar-refractivity contribution in [2.24, 2.45) is 5.73 Å². The maximum absolute atomic E-state index is 13.1. The van der Waals surface area contributed by atoms with Crippen molar-refractivity contribution in [3.8, 4) is 11.6 Å². The van der Waals surface area contributed by atoms with E-state index >= 15 is 0 Å². The molecule has 0 radical (unpaired) electrons. The molecule has 2 heterocycles. The van der Waals surface area contributed by atoms with Crippen LogP contribution in [0.4, 0.5) is 4.39 Å². The number of carbonyl (C=O) groups excluding carboxylic acids is 1. The van der Waals surface area contributed by atoms with Gasteiger partial charge < -0.3 is 20.5 Å². The Morgan fingerprint density at radius 3 is 2.74 bits per heavy atom. The minimum Gasteiger partial charge on any atom is -0.439 e. The quantitative estimate of drug-likeness (QED) is 0.754. The summed E-state index contributed by atoms with van der Waals surface area (Å²) in [6.07, 6.45) is 2.63. The number of hydrogen-bond acceptors (Lipinski definition) is 5. The van der Waals surface area contributed by atoms with E-state index in [4.69, 9.17) is 15.2 Å². The number of aromatic nitrogens is 1. The van der Waals surface area contributed by atoms with Crippen LogP contribution in [0.3, 0.4) is 0 Å². The van der Waals surface area contributed by atoms with Crippen LogP contribution in [0.1, 0.15) is 18.4 Å². The van der Waals surface area contributed by atoms with Gasteiger partial charge in [0, 0.05) is 31.4 Å². The molecule has 0 spiro atoms. The average molecular weight is 418 g/mol. The van der Waals surface area contributed by atoms with Crippen LogP contribution >= 0.6 is 24.8 Å². The molecule has 0 saturated carbocycles. The lowest BCUT2D eigenvalue weighted by Gasteiger charge is -2.12. The predicted molar refractivity (Wildman–Crippen MR) is 104 cm³/mol. The summed E-state index contributed by atoms with van der Waals surface area (Å²) in [5.74, 6) is 0.214. The number of nitrogens with one attached hydrogen (secondary N) is 1. The molecule has 3 N–H and O–H groups in total. The first kappa shape index (κ1) is 23.1. The first-order chi connectivity index (χ1) is 12.1. The number of hydrogen-bond donors (Lipinski definition) is 2. The molecule has 1 amide bonds. The van der Waals surface area contributed by atoms with E-state index in [1.807, 2.05) is 0 Å². The van der Waals surface area contributed by atoms with E-state index in [2.05, 4.69) is 10.3 Å². The molecule has 1 aliphatic rings. The summed E-state index contributed by atoms with van der Waals surface area (Å²) >= 11 is 0. The summed E-state index contributed by atoms with van der Waals surface area (Å²) in [4.78, 5) is 16.2. The summed E-state index contributed by atoms with van der Waals surface area (Å²) in [6, 6.07) is 9.30. The van der Waals surface area contributed by atoms with Crippen molar-refractivity contribution in [1.29, 1.82) is 0 Å². The summed E-state index contributed by atoms with van der Waals surface area (Å²) < 4.78 is 24.2. The third-order valence-corrected chi connectivity index (χ3v) is 3.95. The number of nitrogens with zero attached hydrogens (tertiary/aromatic N) is 1. The van der Waals surface area contributed by atoms with Gasteiger partial charge in [0.05, 0.1) is 6.10 Å². The monoisotopic (exact) mass is 417 g/mol. The van der Waals surface area contributed by atoms with E-state index in [0.29, 0.717) is 31.1 Å². The van der Waals surface area contributed by atoms with Crippen molar-refractivity contribution in [2.75, 3.05) is 6.54 Å². The normalized spacial score (nSPS) is 18.1. The number of benzene rings is 1. The summed E-state index contributed by atoms with van der Waals surface area (Å²) in [5, 5.41) is 2.83. The van der Waals surface area contributed by atoms with Gasteiger partial charge in [-0.25, -0.2) is 9.37 Å². The molecule has 1 fully saturated rings. The Hall–Kier alpha value is -1.93. The smallest absolute Gasteiger partial charge is 0.249 e. The van der Waals surface area contributed by atoms with Crippen LogP contribution in [0.25, 0.3) is 0 Å². The molecule has 0 unspecified atom stereocenters. The number of pyridine rings is 1. The van der Waals surface area contributed by atoms with Gasteiger partial charge in [0.1, 0.15) is 17.7 Å². The number of amides is 1. The lowest BCUT2D eigenvalue weighted by atomic mass is 10.2. The molecule has 6 nitrogen and oxygen atoms in total. The van der Waals surface area contributed by atoms with Gasteiger partial charge in [0.2, 0.25) is 11.8 Å². The van der Waals surface area contributed by atoms with E-state index in [1.54, 1.807) is 30.5 Å². The Morgan fingerprint density at radius 2 is 2.11 bits per heavy atom. The highest BCUT2D eigenvalue weighted by Crippen LogP contribution is 2.21. The van der Waals surface area contributed by atoms with E-state index in [0.717, 1.165) is 12.0 Å². The third kappa shape index (κ3) is 6.62. The van der Waals surface area contributed by atoms with Gasteiger partial charge in [0.15, 0.2) is 0 Å². The largest absolute Gasteiger partial charge is 0.439 e. The molecular formula is C18H22Cl2FN3O3. The van der Waals surface area contributed by atoms with Crippen LogP contribution in [0.5, 0.6) is 11.6 Å². The fourth-order valence-electron chi connectivity index (χ4n) is 2.60. The zero-order valence-electron chi connectivity index (χ0n) is 14.5. The highest BCUT2D eigenvalue weighted by atomic mass is 35.5. The van der Waals surface area contributed by atoms with Crippen LogP contribution in [0.15, 0.2) is 42.6 Å². The number of rotatable bonds is 6. The van der Waals surface area contributed by atoms with Crippen molar-refractivity contribution < 1.29 is 18.7 Å². The lowest BCUT2D eigenvalue weighted by Crippen LogP contribution is -2.35. The Labute approximate surface area is 169 Å². The molecule has 1 aromatic heterocycles. The van der Waals surface area contributed by atoms with Crippen molar-refractivity contribution in [3.63, 3.8) is 0 Å². The molecule has 9 heteroatoms. The van der Waals surface area contributed by atoms with Gasteiger partial charge in [-0.1, -0.05) is 12.1 Å². The zero-order valence-corrected chi connectivity index (χ0v) is 16.1. The standard InChI is InChI=1S/C18H20FN3O3.2ClH/c19-13-2-1-3-14(8-13)25-17-7-4-12(10-21-17)11-22-18(23)16-6-5-15(9-20)24-16;;/h1-4,7-8,10,15-16H,5-6,9,11,20H2,(H,22,23);2*1H/t15-,16+;;/m1../s1. The number of nitrogens with two attached hydrogens (primary N) is 1. The first-order valence-electron chi connectivity index (χ1n) is 8.15. The van der Waals surface area contributed by atoms with Crippen molar-refractivity contribution in [2.45, 2.75) is 31.6 Å². The van der Waals surface area contributed by atoms with E-state index in [9.17, 15) is 9.18 Å². The Balaban J connectivity index is 0.00000182. The fraction of sp³-hybridized carbons (Fsp3) is 0.333. The zero-order chi connectivity index (χ0) is 17.6. The number of ether oxygens (including phenoxy) is 2. The SMILES string of the molecule is Cl.Cl.NC[C@H]1CC[C@@H](C(=O)NCc2ccc(Oc3cccc(F)c3)nc2)O1. The molecule has 148 valence electrons. The topological polar surface area (TPSA) is 86.5 Å². The van der Waals surface area contributed by atoms with Crippen LogP contribution < -0.4 is 15.8 Å². The second-order valence-corrected chi connectivity index (χ2v) is 5.84. The fourth-order valence-corrected chi connectivity index (χ4v) is 2.60.